The average molecular weight is 1020 g/mol. The van der Waals surface area contributed by atoms with E-state index in [1.54, 1.807) is 0 Å². The number of nitrogens with one attached hydrogen (secondary N) is 6. The molecule has 2 aliphatic rings. The molecule has 0 aromatic carbocycles. The number of rotatable bonds is 23. The molecule has 2 fully saturated rings. The monoisotopic (exact) mass is 1020 g/mol. The van der Waals surface area contributed by atoms with Gasteiger partial charge in [0.1, 0.15) is 48.4 Å². The lowest BCUT2D eigenvalue weighted by atomic mass is 9.99. The third kappa shape index (κ3) is 24.2. The van der Waals surface area contributed by atoms with Crippen LogP contribution >= 0.6 is 11.8 Å². The smallest absolute Gasteiger partial charge is 0.328 e. The first-order valence-electron chi connectivity index (χ1n) is 26.6. The molecule has 7 N–H and O–H groups in total. The van der Waals surface area contributed by atoms with E-state index in [-0.39, 0.29) is 75.2 Å². The van der Waals surface area contributed by atoms with Crippen LogP contribution in [0.3, 0.4) is 0 Å². The molecule has 2 heterocycles. The number of cyclic esters (lactones) is 1. The third-order valence-electron chi connectivity index (χ3n) is 12.8. The molecule has 8 atom stereocenters. The number of carbonyl (C=O) groups excluding carboxylic acids is 8. The van der Waals surface area contributed by atoms with Crippen LogP contribution in [-0.2, 0) is 47.9 Å². The van der Waals surface area contributed by atoms with E-state index in [2.05, 4.69) is 38.8 Å². The van der Waals surface area contributed by atoms with Crippen molar-refractivity contribution in [1.29, 1.82) is 0 Å². The number of carbonyl (C=O) groups is 9. The molecule has 0 saturated carbocycles. The third-order valence-corrected chi connectivity index (χ3v) is 13.4. The van der Waals surface area contributed by atoms with Crippen molar-refractivity contribution in [2.75, 3.05) is 18.6 Å². The highest BCUT2D eigenvalue weighted by molar-refractivity contribution is 7.98. The Labute approximate surface area is 428 Å². The second-order valence-electron chi connectivity index (χ2n) is 21.4. The van der Waals surface area contributed by atoms with Gasteiger partial charge in [-0.2, -0.15) is 11.8 Å². The Balaban J connectivity index is 2.73. The van der Waals surface area contributed by atoms with E-state index in [4.69, 9.17) is 4.74 Å². The van der Waals surface area contributed by atoms with E-state index >= 15 is 0 Å². The number of nitrogens with zero attached hydrogens (tertiary/aromatic N) is 1. The van der Waals surface area contributed by atoms with Gasteiger partial charge < -0.3 is 46.6 Å². The first kappa shape index (κ1) is 62.7. The fraction of sp³-hybridized carbons (Fsp3) is 0.827. The SMILES string of the molecule is CCCCCCCCCCC1CC(=O)N[C@@H](CCC(=O)O)C(=O)N[C@@H](CC(C)C)C(=O)N[C@@H](CCSC)C(=O)N[C@@H](CC(C)C)C(=O)N2CCC[C@H]2C(=O)N[C@H](CC(C)C)C(=O)N[C@@H](CC(C)C)C(=O)O1. The molecule has 2 aliphatic heterocycles. The predicted octanol–water partition coefficient (Wildman–Crippen LogP) is 5.53. The quantitative estimate of drug-likeness (QED) is 0.0492. The number of thioether (sulfide) groups is 1. The van der Waals surface area contributed by atoms with Crippen molar-refractivity contribution >= 4 is 65.1 Å². The number of ether oxygens (including phenoxy) is 1. The molecular formula is C52H91N7O11S. The minimum Gasteiger partial charge on any atom is -0.481 e. The molecule has 7 amide bonds. The number of carboxylic acid groups (broad SMARTS) is 1. The maximum Gasteiger partial charge on any atom is 0.328 e. The van der Waals surface area contributed by atoms with Crippen LogP contribution in [0.1, 0.15) is 184 Å². The zero-order valence-electron chi connectivity index (χ0n) is 44.7. The van der Waals surface area contributed by atoms with E-state index < -0.39 is 108 Å². The number of hydrogen-bond acceptors (Lipinski definition) is 11. The zero-order chi connectivity index (χ0) is 53.2. The van der Waals surface area contributed by atoms with Gasteiger partial charge >= 0.3 is 11.9 Å². The predicted molar refractivity (Wildman–Crippen MR) is 276 cm³/mol. The van der Waals surface area contributed by atoms with Gasteiger partial charge in [0.15, 0.2) is 0 Å². The summed E-state index contributed by atoms with van der Waals surface area (Å²) in [5.41, 5.74) is 0. The summed E-state index contributed by atoms with van der Waals surface area (Å²) in [6, 6.07) is -7.99. The molecule has 0 radical (unpaired) electrons. The summed E-state index contributed by atoms with van der Waals surface area (Å²) in [5.74, 6) is -6.33. The normalized spacial score (nSPS) is 25.2. The van der Waals surface area contributed by atoms with Gasteiger partial charge in [0.05, 0.1) is 6.42 Å². The highest BCUT2D eigenvalue weighted by Gasteiger charge is 2.41. The van der Waals surface area contributed by atoms with Crippen LogP contribution in [0.5, 0.6) is 0 Å². The number of aliphatic carboxylic acids is 1. The van der Waals surface area contributed by atoms with E-state index in [1.165, 1.54) is 23.1 Å². The fourth-order valence-corrected chi connectivity index (χ4v) is 9.57. The van der Waals surface area contributed by atoms with Crippen LogP contribution in [-0.4, -0.2) is 130 Å². The maximum absolute atomic E-state index is 14.5. The number of unbranched alkanes of at least 4 members (excludes halogenated alkanes) is 7. The van der Waals surface area contributed by atoms with Crippen molar-refractivity contribution in [2.45, 2.75) is 233 Å². The largest absolute Gasteiger partial charge is 0.481 e. The Morgan fingerprint density at radius 3 is 1.58 bits per heavy atom. The summed E-state index contributed by atoms with van der Waals surface area (Å²) < 4.78 is 6.09. The number of hydrogen-bond donors (Lipinski definition) is 7. The molecule has 2 saturated heterocycles. The first-order valence-corrected chi connectivity index (χ1v) is 28.0. The molecular weight excluding hydrogens is 931 g/mol. The van der Waals surface area contributed by atoms with Gasteiger partial charge in [-0.25, -0.2) is 4.79 Å². The van der Waals surface area contributed by atoms with Crippen LogP contribution < -0.4 is 31.9 Å². The lowest BCUT2D eigenvalue weighted by Crippen LogP contribution is -2.60. The van der Waals surface area contributed by atoms with Crippen LogP contribution in [0.4, 0.5) is 0 Å². The molecule has 2 rings (SSSR count). The van der Waals surface area contributed by atoms with Gasteiger partial charge in [-0.1, -0.05) is 107 Å². The van der Waals surface area contributed by atoms with Crippen molar-refractivity contribution in [1.82, 2.24) is 36.8 Å². The van der Waals surface area contributed by atoms with Crippen LogP contribution in [0.25, 0.3) is 0 Å². The standard InChI is InChI=1S/C52H91N7O11S/c1-11-12-13-14-15-16-17-18-20-36-31-44(60)53-37(22-23-45(61)62)46(63)55-39(27-32(2)3)48(65)54-38(24-26-71-10)47(64)57-41(29-34(6)7)51(68)59-25-19-21-43(59)50(67)56-40(28-33(4)5)49(66)58-42(30-35(8)9)52(69)70-36/h32-43H,11-31H2,1-10H3,(H,53,60)(H,54,65)(H,55,63)(H,56,67)(H,57,64)(H,58,66)(H,61,62)/t36?,37-,38-,39-,40+,41-,42-,43-/m0/s1. The number of amides is 7. The highest BCUT2D eigenvalue weighted by atomic mass is 32.2. The number of carboxylic acids is 1. The summed E-state index contributed by atoms with van der Waals surface area (Å²) >= 11 is 1.45. The first-order chi connectivity index (χ1) is 33.6. The zero-order valence-corrected chi connectivity index (χ0v) is 45.5. The lowest BCUT2D eigenvalue weighted by Gasteiger charge is -2.32. The maximum atomic E-state index is 14.5. The Bertz CT molecular complexity index is 1730. The van der Waals surface area contributed by atoms with Gasteiger partial charge in [0.2, 0.25) is 41.4 Å². The van der Waals surface area contributed by atoms with Crippen molar-refractivity contribution in [3.63, 3.8) is 0 Å². The second-order valence-corrected chi connectivity index (χ2v) is 22.4. The molecule has 19 heteroatoms. The van der Waals surface area contributed by atoms with Crippen LogP contribution in [0.15, 0.2) is 0 Å². The van der Waals surface area contributed by atoms with Crippen molar-refractivity contribution < 1.29 is 53.0 Å². The minimum atomic E-state index is -1.40. The molecule has 0 bridgehead atoms. The van der Waals surface area contributed by atoms with E-state index in [9.17, 15) is 48.3 Å². The van der Waals surface area contributed by atoms with Gasteiger partial charge in [-0.15, -0.1) is 0 Å². The average Bonchev–Trinajstić information content (AvgIpc) is 3.78. The highest BCUT2D eigenvalue weighted by Crippen LogP contribution is 2.23. The molecule has 0 aromatic heterocycles. The molecule has 0 aliphatic carbocycles. The van der Waals surface area contributed by atoms with E-state index in [0.29, 0.717) is 31.4 Å². The number of esters is 1. The summed E-state index contributed by atoms with van der Waals surface area (Å²) in [4.78, 5) is 127. The van der Waals surface area contributed by atoms with E-state index in [1.807, 2.05) is 61.6 Å². The van der Waals surface area contributed by atoms with Crippen LogP contribution in [0.2, 0.25) is 0 Å². The molecule has 0 spiro atoms. The lowest BCUT2D eigenvalue weighted by molar-refractivity contribution is -0.155. The summed E-state index contributed by atoms with van der Waals surface area (Å²) in [5, 5.41) is 26.4. The Morgan fingerprint density at radius 2 is 1.04 bits per heavy atom. The summed E-state index contributed by atoms with van der Waals surface area (Å²) in [6.07, 6.45) is 9.70. The molecule has 0 aromatic rings. The van der Waals surface area contributed by atoms with Crippen molar-refractivity contribution in [2.24, 2.45) is 23.7 Å². The Hall–Kier alpha value is -4.42. The topological polar surface area (TPSA) is 259 Å². The van der Waals surface area contributed by atoms with Crippen LogP contribution in [0, 0.1) is 23.7 Å². The van der Waals surface area contributed by atoms with Gasteiger partial charge in [-0.05, 0) is 99.9 Å². The molecule has 1 unspecified atom stereocenters. The molecule has 18 nitrogen and oxygen atoms in total. The van der Waals surface area contributed by atoms with Gasteiger partial charge in [0.25, 0.3) is 0 Å². The summed E-state index contributed by atoms with van der Waals surface area (Å²) in [6.45, 7) is 17.4. The van der Waals surface area contributed by atoms with Gasteiger partial charge in [-0.3, -0.25) is 38.4 Å². The van der Waals surface area contributed by atoms with E-state index in [0.717, 1.165) is 38.5 Å². The summed E-state index contributed by atoms with van der Waals surface area (Å²) in [7, 11) is 0. The minimum absolute atomic E-state index is 0.0688. The van der Waals surface area contributed by atoms with Crippen molar-refractivity contribution in [3.8, 4) is 0 Å². The second kappa shape index (κ2) is 33.3. The Kier molecular flexibility index (Phi) is 29.4. The Morgan fingerprint density at radius 1 is 0.592 bits per heavy atom. The molecule has 406 valence electrons. The fourth-order valence-electron chi connectivity index (χ4n) is 9.10. The van der Waals surface area contributed by atoms with Crippen molar-refractivity contribution in [3.05, 3.63) is 0 Å². The van der Waals surface area contributed by atoms with Gasteiger partial charge in [0, 0.05) is 13.0 Å². The molecule has 71 heavy (non-hydrogen) atoms. The number of fused-ring (bicyclic) bond motifs is 1.